The van der Waals surface area contributed by atoms with E-state index in [0.29, 0.717) is 21.1 Å². The van der Waals surface area contributed by atoms with E-state index in [1.807, 2.05) is 4.72 Å². The zero-order chi connectivity index (χ0) is 22.2. The van der Waals surface area contributed by atoms with Crippen LogP contribution in [0.15, 0.2) is 18.2 Å². The molecule has 30 heavy (non-hydrogen) atoms. The molecule has 1 aromatic heterocycles. The third kappa shape index (κ3) is 4.42. The van der Waals surface area contributed by atoms with Gasteiger partial charge >= 0.3 is 10.2 Å². The summed E-state index contributed by atoms with van der Waals surface area (Å²) < 4.78 is 29.1. The van der Waals surface area contributed by atoms with Crippen molar-refractivity contribution in [3.8, 4) is 0 Å². The molecule has 2 amide bonds. The predicted octanol–water partition coefficient (Wildman–Crippen LogP) is 1.28. The van der Waals surface area contributed by atoms with Crippen LogP contribution < -0.4 is 10.0 Å². The monoisotopic (exact) mass is 476 g/mol. The highest BCUT2D eigenvalue weighted by Gasteiger charge is 2.36. The van der Waals surface area contributed by atoms with E-state index in [1.54, 1.807) is 29.8 Å². The Bertz CT molecular complexity index is 1100. The number of halogens is 2. The van der Waals surface area contributed by atoms with Crippen molar-refractivity contribution in [3.63, 3.8) is 0 Å². The number of benzene rings is 1. The summed E-state index contributed by atoms with van der Waals surface area (Å²) in [6.45, 7) is 0.853. The minimum absolute atomic E-state index is 0.0272. The number of rotatable bonds is 5. The Morgan fingerprint density at radius 1 is 1.30 bits per heavy atom. The molecule has 3 rings (SSSR count). The lowest BCUT2D eigenvalue weighted by molar-refractivity contribution is -0.117. The van der Waals surface area contributed by atoms with E-state index in [9.17, 15) is 23.1 Å². The maximum absolute atomic E-state index is 12.9. The number of hydrogen-bond donors (Lipinski definition) is 3. The fraction of sp³-hybridized carbons (Fsp3) is 0.444. The molecule has 2 heterocycles. The van der Waals surface area contributed by atoms with Gasteiger partial charge in [0.2, 0.25) is 5.91 Å². The fourth-order valence-corrected chi connectivity index (χ4v) is 5.25. The predicted molar refractivity (Wildman–Crippen MR) is 114 cm³/mol. The Morgan fingerprint density at radius 3 is 2.63 bits per heavy atom. The maximum atomic E-state index is 12.9. The van der Waals surface area contributed by atoms with Crippen LogP contribution in [0, 0.1) is 5.92 Å². The molecule has 3 N–H and O–H groups in total. The fourth-order valence-electron chi connectivity index (χ4n) is 3.65. The van der Waals surface area contributed by atoms with Gasteiger partial charge in [-0.3, -0.25) is 9.59 Å². The summed E-state index contributed by atoms with van der Waals surface area (Å²) in [7, 11) is -2.25. The molecule has 1 aliphatic rings. The van der Waals surface area contributed by atoms with Crippen molar-refractivity contribution in [1.82, 2.24) is 18.9 Å². The first-order chi connectivity index (χ1) is 14.0. The topological polar surface area (TPSA) is 121 Å². The number of nitrogens with zero attached hydrogens (tertiary/aromatic N) is 2. The van der Waals surface area contributed by atoms with Gasteiger partial charge in [-0.25, -0.2) is 4.72 Å². The molecule has 12 heteroatoms. The molecule has 9 nitrogen and oxygen atoms in total. The van der Waals surface area contributed by atoms with Crippen molar-refractivity contribution in [2.45, 2.75) is 19.4 Å². The second-order valence-electron chi connectivity index (χ2n) is 7.22. The molecule has 0 saturated carbocycles. The summed E-state index contributed by atoms with van der Waals surface area (Å²) in [5.41, 5.74) is 1.10. The minimum Gasteiger partial charge on any atom is -0.396 e. The molecule has 0 bridgehead atoms. The normalized spacial score (nSPS) is 20.3. The van der Waals surface area contributed by atoms with Crippen LogP contribution in [0.4, 0.5) is 0 Å². The number of amides is 2. The van der Waals surface area contributed by atoms with Crippen LogP contribution >= 0.6 is 23.2 Å². The van der Waals surface area contributed by atoms with Gasteiger partial charge in [-0.15, -0.1) is 0 Å². The molecule has 1 saturated heterocycles. The molecule has 2 atom stereocenters. The highest BCUT2D eigenvalue weighted by atomic mass is 35.5. The lowest BCUT2D eigenvalue weighted by atomic mass is 9.94. The van der Waals surface area contributed by atoms with E-state index in [4.69, 9.17) is 23.2 Å². The Balaban J connectivity index is 1.78. The van der Waals surface area contributed by atoms with Crippen molar-refractivity contribution >= 4 is 56.1 Å². The molecule has 1 fully saturated rings. The SMILES string of the molecule is CC(=O)NS(=O)(=O)N1CC[C@@H](NC(=O)c2cc3c(Cl)c(Cl)ccc3n2C)[C@H](CO)C1. The van der Waals surface area contributed by atoms with Gasteiger partial charge in [0.05, 0.1) is 10.0 Å². The van der Waals surface area contributed by atoms with E-state index < -0.39 is 28.1 Å². The number of carbonyl (C=O) groups excluding carboxylic acids is 2. The molecule has 1 aliphatic heterocycles. The Labute approximate surface area is 184 Å². The van der Waals surface area contributed by atoms with Gasteiger partial charge in [-0.2, -0.15) is 12.7 Å². The van der Waals surface area contributed by atoms with Crippen LogP contribution in [0.5, 0.6) is 0 Å². The largest absolute Gasteiger partial charge is 0.396 e. The highest BCUT2D eigenvalue weighted by Crippen LogP contribution is 2.32. The van der Waals surface area contributed by atoms with Crippen LogP contribution in [-0.2, 0) is 22.1 Å². The Kier molecular flexibility index (Phi) is 6.63. The second kappa shape index (κ2) is 8.72. The minimum atomic E-state index is -3.98. The summed E-state index contributed by atoms with van der Waals surface area (Å²) >= 11 is 12.3. The third-order valence-corrected chi connectivity index (χ3v) is 7.58. The van der Waals surface area contributed by atoms with Crippen LogP contribution in [0.2, 0.25) is 10.0 Å². The number of hydrogen-bond acceptors (Lipinski definition) is 5. The van der Waals surface area contributed by atoms with Crippen LogP contribution in [0.3, 0.4) is 0 Å². The average molecular weight is 477 g/mol. The molecule has 0 aliphatic carbocycles. The van der Waals surface area contributed by atoms with Crippen molar-refractivity contribution in [3.05, 3.63) is 33.9 Å². The maximum Gasteiger partial charge on any atom is 0.303 e. The molecule has 1 aromatic carbocycles. The standard InChI is InChI=1S/C18H22Cl2N4O5S/c1-10(26)22-30(28,29)24-6-5-14(11(8-24)9-25)21-18(27)16-7-12-15(23(16)2)4-3-13(19)17(12)20/h3-4,7,11,14,25H,5-6,8-9H2,1-2H3,(H,21,27)(H,22,26)/t11-,14+/m0/s1. The first-order valence-electron chi connectivity index (χ1n) is 9.18. The van der Waals surface area contributed by atoms with Gasteiger partial charge in [0.15, 0.2) is 0 Å². The molecular formula is C18H22Cl2N4O5S. The second-order valence-corrected chi connectivity index (χ2v) is 9.67. The van der Waals surface area contributed by atoms with Gasteiger partial charge in [0.1, 0.15) is 5.69 Å². The van der Waals surface area contributed by atoms with Crippen molar-refractivity contribution in [2.75, 3.05) is 19.7 Å². The number of aliphatic hydroxyl groups excluding tert-OH is 1. The summed E-state index contributed by atoms with van der Waals surface area (Å²) in [6, 6.07) is 4.62. The van der Waals surface area contributed by atoms with Gasteiger partial charge in [-0.05, 0) is 24.6 Å². The van der Waals surface area contributed by atoms with Crippen LogP contribution in [-0.4, -0.2) is 59.9 Å². The summed E-state index contributed by atoms with van der Waals surface area (Å²) in [5.74, 6) is -1.60. The Morgan fingerprint density at radius 2 is 2.00 bits per heavy atom. The number of carbonyl (C=O) groups is 2. The number of nitrogens with one attached hydrogen (secondary N) is 2. The first kappa shape index (κ1) is 22.8. The quantitative estimate of drug-likeness (QED) is 0.599. The summed E-state index contributed by atoms with van der Waals surface area (Å²) in [5, 5.41) is 14.0. The van der Waals surface area contributed by atoms with Gasteiger partial charge in [0.25, 0.3) is 5.91 Å². The number of aromatic nitrogens is 1. The molecule has 0 radical (unpaired) electrons. The van der Waals surface area contributed by atoms with Gasteiger partial charge in [-0.1, -0.05) is 23.2 Å². The molecule has 0 spiro atoms. The molecule has 164 valence electrons. The van der Waals surface area contributed by atoms with Gasteiger partial charge < -0.3 is 15.0 Å². The lowest BCUT2D eigenvalue weighted by Gasteiger charge is -2.37. The van der Waals surface area contributed by atoms with Crippen LogP contribution in [0.1, 0.15) is 23.8 Å². The average Bonchev–Trinajstić information content (AvgIpc) is 3.01. The Hall–Kier alpha value is -1.85. The van der Waals surface area contributed by atoms with E-state index in [-0.39, 0.29) is 32.0 Å². The summed E-state index contributed by atoms with van der Waals surface area (Å²) in [4.78, 5) is 24.0. The number of fused-ring (bicyclic) bond motifs is 1. The summed E-state index contributed by atoms with van der Waals surface area (Å²) in [6.07, 6.45) is 0.284. The van der Waals surface area contributed by atoms with E-state index in [1.165, 1.54) is 0 Å². The zero-order valence-corrected chi connectivity index (χ0v) is 18.7. The van der Waals surface area contributed by atoms with Crippen molar-refractivity contribution < 1.29 is 23.1 Å². The number of aryl methyl sites for hydroxylation is 1. The zero-order valence-electron chi connectivity index (χ0n) is 16.4. The highest BCUT2D eigenvalue weighted by molar-refractivity contribution is 7.87. The van der Waals surface area contributed by atoms with Crippen LogP contribution in [0.25, 0.3) is 10.9 Å². The number of aliphatic hydroxyl groups is 1. The molecule has 0 unspecified atom stereocenters. The third-order valence-electron chi connectivity index (χ3n) is 5.21. The lowest BCUT2D eigenvalue weighted by Crippen LogP contribution is -2.56. The van der Waals surface area contributed by atoms with E-state index in [0.717, 1.165) is 16.7 Å². The van der Waals surface area contributed by atoms with E-state index in [2.05, 4.69) is 5.32 Å². The molecule has 2 aromatic rings. The number of piperidine rings is 1. The molecular weight excluding hydrogens is 455 g/mol. The van der Waals surface area contributed by atoms with Crippen molar-refractivity contribution in [2.24, 2.45) is 13.0 Å². The smallest absolute Gasteiger partial charge is 0.303 e. The van der Waals surface area contributed by atoms with E-state index >= 15 is 0 Å². The van der Waals surface area contributed by atoms with Crippen molar-refractivity contribution in [1.29, 1.82) is 0 Å². The first-order valence-corrected chi connectivity index (χ1v) is 11.4. The van der Waals surface area contributed by atoms with Gasteiger partial charge in [0, 0.05) is 56.5 Å².